The number of aromatic nitrogens is 2. The highest BCUT2D eigenvalue weighted by Crippen LogP contribution is 2.37. The summed E-state index contributed by atoms with van der Waals surface area (Å²) in [5, 5.41) is 7.66. The highest BCUT2D eigenvalue weighted by molar-refractivity contribution is 6.31. The van der Waals surface area contributed by atoms with Gasteiger partial charge in [-0.25, -0.2) is 0 Å². The summed E-state index contributed by atoms with van der Waals surface area (Å²) in [5.41, 5.74) is 6.12. The number of halogens is 1. The summed E-state index contributed by atoms with van der Waals surface area (Å²) in [6, 6.07) is 19.9. The molecule has 1 aromatic heterocycles. The maximum Gasteiger partial charge on any atom is 0.260 e. The average Bonchev–Trinajstić information content (AvgIpc) is 3.20. The van der Waals surface area contributed by atoms with Gasteiger partial charge in [0, 0.05) is 33.8 Å². The van der Waals surface area contributed by atoms with Crippen molar-refractivity contribution in [2.45, 2.75) is 26.9 Å². The number of nitrogens with zero attached hydrogens (tertiary/aromatic N) is 4. The third-order valence-electron chi connectivity index (χ3n) is 6.27. The number of aryl methyl sites for hydroxylation is 1. The van der Waals surface area contributed by atoms with Crippen LogP contribution in [0.5, 0.6) is 0 Å². The van der Waals surface area contributed by atoms with Crippen LogP contribution in [0, 0.1) is 13.8 Å². The standard InChI is InChI=1S/C26H25ClN4O/c1-17-22(18(2)31(28-17)14-20-8-4-5-12-23(20)27)15-29(3)16-30-24-13-7-10-19-9-6-11-21(25(19)24)26(30)32/h4-13H,14-16H2,1-3H3. The fourth-order valence-electron chi connectivity index (χ4n) is 4.59. The lowest BCUT2D eigenvalue weighted by molar-refractivity contribution is 0.0977. The lowest BCUT2D eigenvalue weighted by Crippen LogP contribution is -2.37. The second kappa shape index (κ2) is 8.08. The Labute approximate surface area is 192 Å². The Hall–Kier alpha value is -3.15. The fraction of sp³-hybridized carbons (Fsp3) is 0.231. The molecule has 5 rings (SSSR count). The molecule has 1 amide bonds. The summed E-state index contributed by atoms with van der Waals surface area (Å²) in [4.78, 5) is 17.1. The molecule has 0 saturated heterocycles. The molecule has 0 aliphatic carbocycles. The van der Waals surface area contributed by atoms with Gasteiger partial charge in [-0.05, 0) is 50.0 Å². The average molecular weight is 445 g/mol. The van der Waals surface area contributed by atoms with Crippen LogP contribution in [0.15, 0.2) is 60.7 Å². The van der Waals surface area contributed by atoms with E-state index >= 15 is 0 Å². The molecule has 0 bridgehead atoms. The highest BCUT2D eigenvalue weighted by atomic mass is 35.5. The lowest BCUT2D eigenvalue weighted by Gasteiger charge is -2.25. The summed E-state index contributed by atoms with van der Waals surface area (Å²) in [7, 11) is 2.04. The fourth-order valence-corrected chi connectivity index (χ4v) is 4.78. The van der Waals surface area contributed by atoms with Crippen LogP contribution >= 0.6 is 11.6 Å². The maximum absolute atomic E-state index is 13.1. The Morgan fingerprint density at radius 2 is 1.75 bits per heavy atom. The van der Waals surface area contributed by atoms with Crippen LogP contribution < -0.4 is 4.90 Å². The van der Waals surface area contributed by atoms with Crippen LogP contribution in [0.3, 0.4) is 0 Å². The first-order valence-corrected chi connectivity index (χ1v) is 11.1. The molecule has 3 aromatic carbocycles. The molecule has 0 unspecified atom stereocenters. The number of hydrogen-bond acceptors (Lipinski definition) is 3. The Bertz CT molecular complexity index is 1340. The van der Waals surface area contributed by atoms with Gasteiger partial charge in [0.15, 0.2) is 0 Å². The van der Waals surface area contributed by atoms with Crippen LogP contribution in [-0.2, 0) is 13.1 Å². The van der Waals surface area contributed by atoms with Crippen molar-refractivity contribution in [3.8, 4) is 0 Å². The Morgan fingerprint density at radius 3 is 2.53 bits per heavy atom. The minimum Gasteiger partial charge on any atom is -0.294 e. The first kappa shape index (κ1) is 20.7. The zero-order chi connectivity index (χ0) is 22.4. The second-order valence-electron chi connectivity index (χ2n) is 8.47. The van der Waals surface area contributed by atoms with E-state index in [0.717, 1.165) is 44.0 Å². The van der Waals surface area contributed by atoms with E-state index in [9.17, 15) is 4.79 Å². The van der Waals surface area contributed by atoms with Crippen molar-refractivity contribution in [3.05, 3.63) is 93.8 Å². The van der Waals surface area contributed by atoms with Crippen LogP contribution in [0.1, 0.15) is 32.9 Å². The van der Waals surface area contributed by atoms with E-state index in [-0.39, 0.29) is 5.91 Å². The monoisotopic (exact) mass is 444 g/mol. The normalized spacial score (nSPS) is 13.0. The largest absolute Gasteiger partial charge is 0.294 e. The van der Waals surface area contributed by atoms with Gasteiger partial charge < -0.3 is 0 Å². The lowest BCUT2D eigenvalue weighted by atomic mass is 10.1. The predicted octanol–water partition coefficient (Wildman–Crippen LogP) is 5.40. The molecular weight excluding hydrogens is 420 g/mol. The van der Waals surface area contributed by atoms with Gasteiger partial charge >= 0.3 is 0 Å². The van der Waals surface area contributed by atoms with Crippen LogP contribution in [0.25, 0.3) is 10.8 Å². The number of rotatable bonds is 6. The third kappa shape index (κ3) is 3.48. The maximum atomic E-state index is 13.1. The number of carbonyl (C=O) groups is 1. The van der Waals surface area contributed by atoms with Crippen molar-refractivity contribution in [3.63, 3.8) is 0 Å². The summed E-state index contributed by atoms with van der Waals surface area (Å²) in [6.45, 7) is 5.99. The van der Waals surface area contributed by atoms with Gasteiger partial charge in [-0.2, -0.15) is 5.10 Å². The minimum atomic E-state index is 0.0616. The molecule has 0 atom stereocenters. The van der Waals surface area contributed by atoms with Crippen LogP contribution in [0.4, 0.5) is 5.69 Å². The summed E-state index contributed by atoms with van der Waals surface area (Å²) in [5.74, 6) is 0.0616. The van der Waals surface area contributed by atoms with Crippen LogP contribution in [-0.4, -0.2) is 34.3 Å². The summed E-state index contributed by atoms with van der Waals surface area (Å²) in [6.07, 6.45) is 0. The molecule has 32 heavy (non-hydrogen) atoms. The number of carbonyl (C=O) groups excluding carboxylic acids is 1. The quantitative estimate of drug-likeness (QED) is 0.399. The van der Waals surface area contributed by atoms with Gasteiger partial charge in [0.05, 0.1) is 24.6 Å². The van der Waals surface area contributed by atoms with Gasteiger partial charge in [0.1, 0.15) is 0 Å². The predicted molar refractivity (Wildman–Crippen MR) is 129 cm³/mol. The van der Waals surface area contributed by atoms with Crippen molar-refractivity contribution in [2.75, 3.05) is 18.6 Å². The van der Waals surface area contributed by atoms with E-state index in [0.29, 0.717) is 19.8 Å². The Kier molecular flexibility index (Phi) is 5.24. The second-order valence-corrected chi connectivity index (χ2v) is 8.88. The molecule has 162 valence electrons. The van der Waals surface area contributed by atoms with Gasteiger partial charge in [-0.1, -0.05) is 54.1 Å². The van der Waals surface area contributed by atoms with Gasteiger partial charge in [-0.15, -0.1) is 0 Å². The molecule has 0 spiro atoms. The van der Waals surface area contributed by atoms with Crippen molar-refractivity contribution in [2.24, 2.45) is 0 Å². The van der Waals surface area contributed by atoms with E-state index < -0.39 is 0 Å². The molecule has 1 aliphatic heterocycles. The number of benzene rings is 3. The zero-order valence-corrected chi connectivity index (χ0v) is 19.2. The smallest absolute Gasteiger partial charge is 0.260 e. The minimum absolute atomic E-state index is 0.0616. The van der Waals surface area contributed by atoms with Crippen molar-refractivity contribution >= 4 is 34.0 Å². The molecule has 4 aromatic rings. The number of anilines is 1. The van der Waals surface area contributed by atoms with E-state index in [1.807, 2.05) is 72.1 Å². The molecular formula is C26H25ClN4O. The SMILES string of the molecule is Cc1nn(Cc2ccccc2Cl)c(C)c1CN(C)CN1C(=O)c2cccc3cccc1c23. The molecule has 0 saturated carbocycles. The first-order valence-electron chi connectivity index (χ1n) is 10.7. The molecule has 0 fully saturated rings. The molecule has 0 radical (unpaired) electrons. The Balaban J connectivity index is 1.36. The molecule has 6 heteroatoms. The van der Waals surface area contributed by atoms with Gasteiger partial charge in [-0.3, -0.25) is 19.3 Å². The Morgan fingerprint density at radius 1 is 1.00 bits per heavy atom. The molecule has 2 heterocycles. The zero-order valence-electron chi connectivity index (χ0n) is 18.5. The first-order chi connectivity index (χ1) is 15.4. The number of amides is 1. The summed E-state index contributed by atoms with van der Waals surface area (Å²) >= 11 is 6.35. The van der Waals surface area contributed by atoms with Gasteiger partial charge in [0.25, 0.3) is 5.91 Å². The van der Waals surface area contributed by atoms with E-state index in [1.54, 1.807) is 0 Å². The molecule has 5 nitrogen and oxygen atoms in total. The number of hydrogen-bond donors (Lipinski definition) is 0. The van der Waals surface area contributed by atoms with Crippen molar-refractivity contribution in [1.82, 2.24) is 14.7 Å². The van der Waals surface area contributed by atoms with Crippen LogP contribution in [0.2, 0.25) is 5.02 Å². The third-order valence-corrected chi connectivity index (χ3v) is 6.64. The highest BCUT2D eigenvalue weighted by Gasteiger charge is 2.30. The van der Waals surface area contributed by atoms with E-state index in [1.165, 1.54) is 5.56 Å². The van der Waals surface area contributed by atoms with E-state index in [4.69, 9.17) is 16.7 Å². The van der Waals surface area contributed by atoms with Crippen molar-refractivity contribution in [1.29, 1.82) is 0 Å². The van der Waals surface area contributed by atoms with Crippen molar-refractivity contribution < 1.29 is 4.79 Å². The summed E-state index contributed by atoms with van der Waals surface area (Å²) < 4.78 is 2.01. The van der Waals surface area contributed by atoms with E-state index in [2.05, 4.69) is 24.0 Å². The molecule has 1 aliphatic rings. The van der Waals surface area contributed by atoms with Gasteiger partial charge in [0.2, 0.25) is 0 Å². The molecule has 0 N–H and O–H groups in total. The topological polar surface area (TPSA) is 41.4 Å².